The molecule has 1 aliphatic heterocycles. The molecular weight excluding hydrogens is 170 g/mol. The molecule has 0 amide bonds. The third-order valence-electron chi connectivity index (χ3n) is 1.70. The molecule has 0 unspecified atom stereocenters. The monoisotopic (exact) mass is 183 g/mol. The fraction of sp³-hybridized carbons (Fsp3) is 0.556. The van der Waals surface area contributed by atoms with Crippen molar-refractivity contribution in [1.82, 2.24) is 0 Å². The van der Waals surface area contributed by atoms with Crippen molar-refractivity contribution in [3.63, 3.8) is 0 Å². The summed E-state index contributed by atoms with van der Waals surface area (Å²) < 4.78 is 5.09. The maximum Gasteiger partial charge on any atom is 0.331 e. The number of ether oxygens (including phenoxy) is 1. The Labute approximate surface area is 76.9 Å². The first-order valence-electron chi connectivity index (χ1n) is 4.35. The van der Waals surface area contributed by atoms with E-state index < -0.39 is 5.97 Å². The molecule has 4 heteroatoms. The Hall–Kier alpha value is -1.32. The molecule has 72 valence electrons. The number of rotatable bonds is 4. The normalized spacial score (nSPS) is 16.7. The third kappa shape index (κ3) is 2.89. The summed E-state index contributed by atoms with van der Waals surface area (Å²) in [6.07, 6.45) is 2.88. The van der Waals surface area contributed by atoms with E-state index in [1.165, 1.54) is 6.08 Å². The lowest BCUT2D eigenvalue weighted by Gasteiger charge is -1.99. The van der Waals surface area contributed by atoms with E-state index in [-0.39, 0.29) is 0 Å². The molecule has 4 nitrogen and oxygen atoms in total. The van der Waals surface area contributed by atoms with Gasteiger partial charge in [-0.2, -0.15) is 0 Å². The van der Waals surface area contributed by atoms with Gasteiger partial charge in [-0.25, -0.2) is 9.79 Å². The summed E-state index contributed by atoms with van der Waals surface area (Å²) in [4.78, 5) is 14.7. The Kier molecular flexibility index (Phi) is 3.49. The molecule has 0 aromatic carbocycles. The van der Waals surface area contributed by atoms with Gasteiger partial charge in [0.15, 0.2) is 0 Å². The average Bonchev–Trinajstić information content (AvgIpc) is 2.56. The van der Waals surface area contributed by atoms with Crippen LogP contribution >= 0.6 is 0 Å². The topological polar surface area (TPSA) is 58.9 Å². The first-order valence-corrected chi connectivity index (χ1v) is 4.35. The Morgan fingerprint density at radius 3 is 3.00 bits per heavy atom. The van der Waals surface area contributed by atoms with Crippen LogP contribution in [0.5, 0.6) is 0 Å². The fourth-order valence-electron chi connectivity index (χ4n) is 1.10. The summed E-state index contributed by atoms with van der Waals surface area (Å²) in [5.74, 6) is -0.439. The molecule has 0 aromatic rings. The van der Waals surface area contributed by atoms with Crippen molar-refractivity contribution in [3.8, 4) is 0 Å². The van der Waals surface area contributed by atoms with Crippen LogP contribution in [0.4, 0.5) is 0 Å². The van der Waals surface area contributed by atoms with E-state index in [2.05, 4.69) is 4.99 Å². The molecule has 0 saturated heterocycles. The minimum absolute atomic E-state index is 0.364. The van der Waals surface area contributed by atoms with Gasteiger partial charge in [0.2, 0.25) is 5.90 Å². The molecule has 13 heavy (non-hydrogen) atoms. The van der Waals surface area contributed by atoms with Gasteiger partial charge in [-0.15, -0.1) is 0 Å². The number of hydrogen-bond donors (Lipinski definition) is 1. The largest absolute Gasteiger partial charge is 0.478 e. The van der Waals surface area contributed by atoms with Gasteiger partial charge in [0, 0.05) is 11.6 Å². The first kappa shape index (κ1) is 9.77. The lowest BCUT2D eigenvalue weighted by molar-refractivity contribution is -0.132. The maximum atomic E-state index is 10.7. The van der Waals surface area contributed by atoms with E-state index in [0.29, 0.717) is 31.0 Å². The van der Waals surface area contributed by atoms with Crippen molar-refractivity contribution in [2.45, 2.75) is 19.8 Å². The van der Waals surface area contributed by atoms with E-state index in [1.807, 2.05) is 6.92 Å². The van der Waals surface area contributed by atoms with E-state index in [9.17, 15) is 4.79 Å². The second-order valence-electron chi connectivity index (χ2n) is 2.79. The minimum atomic E-state index is -0.889. The van der Waals surface area contributed by atoms with Crippen molar-refractivity contribution < 1.29 is 14.6 Å². The standard InChI is InChI=1S/C9H13NO3/c1-2-3-7(9(11)12)6-8-10-4-5-13-8/h6H,2-5H2,1H3,(H,11,12). The highest BCUT2D eigenvalue weighted by Crippen LogP contribution is 2.07. The lowest BCUT2D eigenvalue weighted by Crippen LogP contribution is -2.04. The average molecular weight is 183 g/mol. The number of aliphatic carboxylic acids is 1. The maximum absolute atomic E-state index is 10.7. The molecule has 1 aliphatic rings. The number of carbonyl (C=O) groups is 1. The number of carboxylic acid groups (broad SMARTS) is 1. The van der Waals surface area contributed by atoms with Crippen molar-refractivity contribution in [2.24, 2.45) is 4.99 Å². The van der Waals surface area contributed by atoms with Crippen molar-refractivity contribution in [3.05, 3.63) is 11.6 Å². The van der Waals surface area contributed by atoms with E-state index in [1.54, 1.807) is 0 Å². The molecule has 1 rings (SSSR count). The Balaban J connectivity index is 2.67. The van der Waals surface area contributed by atoms with Crippen molar-refractivity contribution in [1.29, 1.82) is 0 Å². The van der Waals surface area contributed by atoms with Crippen LogP contribution < -0.4 is 0 Å². The molecular formula is C9H13NO3. The predicted octanol–water partition coefficient (Wildman–Crippen LogP) is 1.23. The molecule has 0 aromatic heterocycles. The molecule has 0 fully saturated rings. The van der Waals surface area contributed by atoms with Crippen LogP contribution in [0.2, 0.25) is 0 Å². The Morgan fingerprint density at radius 1 is 1.77 bits per heavy atom. The predicted molar refractivity (Wildman–Crippen MR) is 48.9 cm³/mol. The molecule has 0 bridgehead atoms. The molecule has 1 heterocycles. The summed E-state index contributed by atoms with van der Waals surface area (Å²) in [6.45, 7) is 3.13. The third-order valence-corrected chi connectivity index (χ3v) is 1.70. The summed E-state index contributed by atoms with van der Waals surface area (Å²) in [7, 11) is 0. The Morgan fingerprint density at radius 2 is 2.54 bits per heavy atom. The summed E-state index contributed by atoms with van der Waals surface area (Å²) in [5.41, 5.74) is 0.364. The first-order chi connectivity index (χ1) is 6.24. The van der Waals surface area contributed by atoms with Gasteiger partial charge in [-0.1, -0.05) is 13.3 Å². The van der Waals surface area contributed by atoms with Crippen molar-refractivity contribution in [2.75, 3.05) is 13.2 Å². The Bertz CT molecular complexity index is 256. The highest BCUT2D eigenvalue weighted by atomic mass is 16.5. The lowest BCUT2D eigenvalue weighted by atomic mass is 10.1. The zero-order chi connectivity index (χ0) is 9.68. The SMILES string of the molecule is CCCC(=CC1=NCCO1)C(=O)O. The van der Waals surface area contributed by atoms with Crippen LogP contribution in [-0.4, -0.2) is 30.1 Å². The number of aliphatic imine (C=N–C) groups is 1. The fourth-order valence-corrected chi connectivity index (χ4v) is 1.10. The number of hydrogen-bond acceptors (Lipinski definition) is 3. The number of nitrogens with zero attached hydrogens (tertiary/aromatic N) is 1. The van der Waals surface area contributed by atoms with Gasteiger partial charge in [0.25, 0.3) is 0 Å². The van der Waals surface area contributed by atoms with Crippen LogP contribution in [0.1, 0.15) is 19.8 Å². The van der Waals surface area contributed by atoms with Crippen LogP contribution in [0, 0.1) is 0 Å². The number of carboxylic acids is 1. The van der Waals surface area contributed by atoms with Crippen LogP contribution in [0.15, 0.2) is 16.6 Å². The molecule has 0 atom stereocenters. The zero-order valence-electron chi connectivity index (χ0n) is 7.62. The van der Waals surface area contributed by atoms with Gasteiger partial charge in [0.1, 0.15) is 6.61 Å². The van der Waals surface area contributed by atoms with Gasteiger partial charge in [0.05, 0.1) is 6.54 Å². The van der Waals surface area contributed by atoms with Gasteiger partial charge < -0.3 is 9.84 Å². The van der Waals surface area contributed by atoms with Crippen molar-refractivity contribution >= 4 is 11.9 Å². The summed E-state index contributed by atoms with van der Waals surface area (Å²) >= 11 is 0. The summed E-state index contributed by atoms with van der Waals surface area (Å²) in [6, 6.07) is 0. The molecule has 0 aliphatic carbocycles. The smallest absolute Gasteiger partial charge is 0.331 e. The highest BCUT2D eigenvalue weighted by Gasteiger charge is 2.10. The molecule has 0 spiro atoms. The molecule has 0 radical (unpaired) electrons. The van der Waals surface area contributed by atoms with Gasteiger partial charge >= 0.3 is 5.97 Å². The molecule has 1 N–H and O–H groups in total. The second kappa shape index (κ2) is 4.64. The van der Waals surface area contributed by atoms with Gasteiger partial charge in [-0.3, -0.25) is 0 Å². The summed E-state index contributed by atoms with van der Waals surface area (Å²) in [5, 5.41) is 8.79. The van der Waals surface area contributed by atoms with E-state index >= 15 is 0 Å². The van der Waals surface area contributed by atoms with E-state index in [4.69, 9.17) is 9.84 Å². The van der Waals surface area contributed by atoms with E-state index in [0.717, 1.165) is 6.42 Å². The molecule has 0 saturated carbocycles. The van der Waals surface area contributed by atoms with Crippen LogP contribution in [0.3, 0.4) is 0 Å². The van der Waals surface area contributed by atoms with Crippen LogP contribution in [0.25, 0.3) is 0 Å². The quantitative estimate of drug-likeness (QED) is 0.667. The highest BCUT2D eigenvalue weighted by molar-refractivity contribution is 5.98. The van der Waals surface area contributed by atoms with Gasteiger partial charge in [-0.05, 0) is 6.42 Å². The minimum Gasteiger partial charge on any atom is -0.478 e. The second-order valence-corrected chi connectivity index (χ2v) is 2.79. The zero-order valence-corrected chi connectivity index (χ0v) is 7.62. The van der Waals surface area contributed by atoms with Crippen LogP contribution in [-0.2, 0) is 9.53 Å².